The molecule has 0 atom stereocenters. The van der Waals surface area contributed by atoms with E-state index in [0.29, 0.717) is 18.8 Å². The van der Waals surface area contributed by atoms with Gasteiger partial charge in [-0.05, 0) is 13.8 Å². The van der Waals surface area contributed by atoms with E-state index in [1.54, 1.807) is 4.90 Å². The van der Waals surface area contributed by atoms with Gasteiger partial charge in [0, 0.05) is 19.2 Å². The van der Waals surface area contributed by atoms with E-state index in [2.05, 4.69) is 10.3 Å². The fourth-order valence-electron chi connectivity index (χ4n) is 1.19. The predicted octanol–water partition coefficient (Wildman–Crippen LogP) is 2.09. The Labute approximate surface area is 88.1 Å². The zero-order valence-electron chi connectivity index (χ0n) is 8.83. The van der Waals surface area contributed by atoms with Crippen molar-refractivity contribution in [3.05, 3.63) is 24.3 Å². The highest BCUT2D eigenvalue weighted by atomic mass is 19.1. The highest BCUT2D eigenvalue weighted by Crippen LogP contribution is 2.07. The van der Waals surface area contributed by atoms with Crippen LogP contribution in [0.1, 0.15) is 13.8 Å². The third-order valence-corrected chi connectivity index (χ3v) is 2.01. The number of nitrogens with zero attached hydrogens (tertiary/aromatic N) is 2. The minimum Gasteiger partial charge on any atom is -0.325 e. The molecular formula is C10H14FN3O. The zero-order valence-corrected chi connectivity index (χ0v) is 8.83. The van der Waals surface area contributed by atoms with Crippen LogP contribution < -0.4 is 5.32 Å². The maximum atomic E-state index is 12.8. The Morgan fingerprint density at radius 3 is 2.67 bits per heavy atom. The standard InChI is InChI=1S/C10H14FN3O/c1-3-14(4-2)10(15)13-9-5-8(11)6-12-7-9/h5-7H,3-4H2,1-2H3,(H,13,15). The van der Waals surface area contributed by atoms with Crippen molar-refractivity contribution in [2.45, 2.75) is 13.8 Å². The molecule has 15 heavy (non-hydrogen) atoms. The number of carbonyl (C=O) groups excluding carboxylic acids is 1. The summed E-state index contributed by atoms with van der Waals surface area (Å²) >= 11 is 0. The summed E-state index contributed by atoms with van der Waals surface area (Å²) in [4.78, 5) is 16.8. The number of anilines is 1. The predicted molar refractivity (Wildman–Crippen MR) is 56.1 cm³/mol. The fourth-order valence-corrected chi connectivity index (χ4v) is 1.19. The van der Waals surface area contributed by atoms with E-state index in [0.717, 1.165) is 6.20 Å². The highest BCUT2D eigenvalue weighted by molar-refractivity contribution is 5.89. The number of hydrogen-bond donors (Lipinski definition) is 1. The molecule has 1 aromatic heterocycles. The molecule has 0 aliphatic heterocycles. The van der Waals surface area contributed by atoms with Crippen LogP contribution in [-0.2, 0) is 0 Å². The number of hydrogen-bond acceptors (Lipinski definition) is 2. The van der Waals surface area contributed by atoms with Crippen molar-refractivity contribution in [3.63, 3.8) is 0 Å². The first-order valence-electron chi connectivity index (χ1n) is 4.83. The van der Waals surface area contributed by atoms with E-state index in [-0.39, 0.29) is 6.03 Å². The summed E-state index contributed by atoms with van der Waals surface area (Å²) in [6.07, 6.45) is 2.50. The molecule has 0 saturated heterocycles. The van der Waals surface area contributed by atoms with Gasteiger partial charge in [-0.25, -0.2) is 9.18 Å². The first-order valence-corrected chi connectivity index (χ1v) is 4.83. The fraction of sp³-hybridized carbons (Fsp3) is 0.400. The average Bonchev–Trinajstić information content (AvgIpc) is 2.19. The number of amides is 2. The minimum atomic E-state index is -0.465. The molecule has 1 rings (SSSR count). The van der Waals surface area contributed by atoms with Crippen LogP contribution >= 0.6 is 0 Å². The van der Waals surface area contributed by atoms with Crippen molar-refractivity contribution in [2.24, 2.45) is 0 Å². The lowest BCUT2D eigenvalue weighted by molar-refractivity contribution is 0.217. The number of urea groups is 1. The minimum absolute atomic E-state index is 0.243. The Balaban J connectivity index is 2.65. The summed E-state index contributed by atoms with van der Waals surface area (Å²) in [5.74, 6) is -0.465. The van der Waals surface area contributed by atoms with Gasteiger partial charge in [-0.3, -0.25) is 4.98 Å². The molecule has 0 radical (unpaired) electrons. The van der Waals surface area contributed by atoms with Gasteiger partial charge in [-0.15, -0.1) is 0 Å². The SMILES string of the molecule is CCN(CC)C(=O)Nc1cncc(F)c1. The molecule has 0 aliphatic rings. The van der Waals surface area contributed by atoms with E-state index in [9.17, 15) is 9.18 Å². The van der Waals surface area contributed by atoms with Crippen molar-refractivity contribution in [2.75, 3.05) is 18.4 Å². The number of nitrogens with one attached hydrogen (secondary N) is 1. The van der Waals surface area contributed by atoms with Gasteiger partial charge in [0.1, 0.15) is 5.82 Å². The average molecular weight is 211 g/mol. The number of pyridine rings is 1. The largest absolute Gasteiger partial charge is 0.325 e. The Morgan fingerprint density at radius 2 is 2.13 bits per heavy atom. The summed E-state index contributed by atoms with van der Waals surface area (Å²) in [6, 6.07) is 0.987. The highest BCUT2D eigenvalue weighted by Gasteiger charge is 2.09. The van der Waals surface area contributed by atoms with Gasteiger partial charge in [0.05, 0.1) is 18.1 Å². The van der Waals surface area contributed by atoms with Crippen molar-refractivity contribution >= 4 is 11.7 Å². The molecule has 0 aliphatic carbocycles. The van der Waals surface area contributed by atoms with E-state index < -0.39 is 5.82 Å². The van der Waals surface area contributed by atoms with Gasteiger partial charge in [-0.2, -0.15) is 0 Å². The quantitative estimate of drug-likeness (QED) is 0.832. The monoisotopic (exact) mass is 211 g/mol. The van der Waals surface area contributed by atoms with Crippen molar-refractivity contribution in [1.29, 1.82) is 0 Å². The van der Waals surface area contributed by atoms with Crippen LogP contribution in [0.3, 0.4) is 0 Å². The molecule has 1 heterocycles. The number of carbonyl (C=O) groups is 1. The lowest BCUT2D eigenvalue weighted by atomic mass is 10.4. The summed E-state index contributed by atoms with van der Waals surface area (Å²) in [5, 5.41) is 2.57. The normalized spacial score (nSPS) is 9.80. The second-order valence-electron chi connectivity index (χ2n) is 2.99. The number of halogens is 1. The smallest absolute Gasteiger partial charge is 0.321 e. The summed E-state index contributed by atoms with van der Waals surface area (Å²) in [7, 11) is 0. The van der Waals surface area contributed by atoms with Gasteiger partial charge in [0.15, 0.2) is 0 Å². The molecule has 1 N–H and O–H groups in total. The maximum absolute atomic E-state index is 12.8. The molecule has 2 amide bonds. The third-order valence-electron chi connectivity index (χ3n) is 2.01. The summed E-state index contributed by atoms with van der Waals surface area (Å²) < 4.78 is 12.8. The van der Waals surface area contributed by atoms with Crippen LogP contribution in [0.25, 0.3) is 0 Å². The number of rotatable bonds is 3. The van der Waals surface area contributed by atoms with Crippen LogP contribution in [0.5, 0.6) is 0 Å². The zero-order chi connectivity index (χ0) is 11.3. The lowest BCUT2D eigenvalue weighted by Gasteiger charge is -2.18. The van der Waals surface area contributed by atoms with Crippen LogP contribution in [0.15, 0.2) is 18.5 Å². The van der Waals surface area contributed by atoms with Crippen molar-refractivity contribution in [3.8, 4) is 0 Å². The van der Waals surface area contributed by atoms with Gasteiger partial charge >= 0.3 is 6.03 Å². The van der Waals surface area contributed by atoms with Crippen molar-refractivity contribution < 1.29 is 9.18 Å². The van der Waals surface area contributed by atoms with E-state index in [1.807, 2.05) is 13.8 Å². The summed E-state index contributed by atoms with van der Waals surface area (Å²) in [5.41, 5.74) is 0.368. The maximum Gasteiger partial charge on any atom is 0.321 e. The van der Waals surface area contributed by atoms with E-state index >= 15 is 0 Å². The van der Waals surface area contributed by atoms with Crippen LogP contribution in [-0.4, -0.2) is 29.0 Å². The molecule has 1 aromatic rings. The van der Waals surface area contributed by atoms with Crippen LogP contribution in [0.4, 0.5) is 14.9 Å². The molecule has 0 fully saturated rings. The molecule has 82 valence electrons. The third kappa shape index (κ3) is 3.19. The Hall–Kier alpha value is -1.65. The molecule has 5 heteroatoms. The van der Waals surface area contributed by atoms with Crippen LogP contribution in [0, 0.1) is 5.82 Å². The van der Waals surface area contributed by atoms with Gasteiger partial charge in [0.25, 0.3) is 0 Å². The van der Waals surface area contributed by atoms with E-state index in [1.165, 1.54) is 12.3 Å². The molecule has 0 saturated carbocycles. The Bertz CT molecular complexity index is 339. The molecule has 0 bridgehead atoms. The first kappa shape index (κ1) is 11.4. The molecule has 0 aromatic carbocycles. The topological polar surface area (TPSA) is 45.2 Å². The van der Waals surface area contributed by atoms with Gasteiger partial charge in [-0.1, -0.05) is 0 Å². The molecular weight excluding hydrogens is 197 g/mol. The molecule has 0 unspecified atom stereocenters. The van der Waals surface area contributed by atoms with E-state index in [4.69, 9.17) is 0 Å². The number of aromatic nitrogens is 1. The van der Waals surface area contributed by atoms with Crippen molar-refractivity contribution in [1.82, 2.24) is 9.88 Å². The van der Waals surface area contributed by atoms with Crippen LogP contribution in [0.2, 0.25) is 0 Å². The first-order chi connectivity index (χ1) is 7.17. The van der Waals surface area contributed by atoms with Gasteiger partial charge in [0.2, 0.25) is 0 Å². The Morgan fingerprint density at radius 1 is 1.47 bits per heavy atom. The summed E-state index contributed by atoms with van der Waals surface area (Å²) in [6.45, 7) is 5.00. The second-order valence-corrected chi connectivity index (χ2v) is 2.99. The van der Waals surface area contributed by atoms with Gasteiger partial charge < -0.3 is 10.2 Å². The second kappa shape index (κ2) is 5.29. The molecule has 0 spiro atoms. The Kier molecular flexibility index (Phi) is 4.03. The lowest BCUT2D eigenvalue weighted by Crippen LogP contribution is -2.34. The molecule has 4 nitrogen and oxygen atoms in total.